The van der Waals surface area contributed by atoms with Crippen LogP contribution in [0.2, 0.25) is 0 Å². The van der Waals surface area contributed by atoms with E-state index in [1.54, 1.807) is 29.2 Å². The second-order valence-corrected chi connectivity index (χ2v) is 9.01. The van der Waals surface area contributed by atoms with E-state index in [0.717, 1.165) is 18.4 Å². The Morgan fingerprint density at radius 3 is 2.40 bits per heavy atom. The molecule has 2 heterocycles. The molecule has 1 aromatic carbocycles. The maximum Gasteiger partial charge on any atom is 0.410 e. The maximum absolute atomic E-state index is 12.6. The molecule has 1 unspecified atom stereocenters. The van der Waals surface area contributed by atoms with Crippen LogP contribution in [0.4, 0.5) is 4.79 Å². The summed E-state index contributed by atoms with van der Waals surface area (Å²) in [7, 11) is 0. The lowest BCUT2D eigenvalue weighted by Crippen LogP contribution is -2.38. The lowest BCUT2D eigenvalue weighted by molar-refractivity contribution is -0.125. The highest BCUT2D eigenvalue weighted by atomic mass is 16.6. The van der Waals surface area contributed by atoms with Gasteiger partial charge in [0.05, 0.1) is 0 Å². The van der Waals surface area contributed by atoms with Gasteiger partial charge in [0.15, 0.2) is 6.61 Å². The van der Waals surface area contributed by atoms with Crippen molar-refractivity contribution in [2.24, 2.45) is 5.41 Å². The van der Waals surface area contributed by atoms with Crippen LogP contribution in [0.5, 0.6) is 5.75 Å². The van der Waals surface area contributed by atoms with Gasteiger partial charge in [-0.05, 0) is 57.4 Å². The Balaban J connectivity index is 1.52. The monoisotopic (exact) mass is 411 g/mol. The molecule has 7 nitrogen and oxygen atoms in total. The number of rotatable bonds is 4. The third kappa shape index (κ3) is 5.53. The van der Waals surface area contributed by atoms with Crippen molar-refractivity contribution in [2.75, 3.05) is 32.8 Å². The predicted molar refractivity (Wildman–Crippen MR) is 113 cm³/mol. The van der Waals surface area contributed by atoms with Crippen molar-refractivity contribution in [3.8, 4) is 11.8 Å². The molecule has 0 aliphatic carbocycles. The van der Waals surface area contributed by atoms with Crippen LogP contribution in [-0.4, -0.2) is 60.2 Å². The molecule has 0 radical (unpaired) electrons. The predicted octanol–water partition coefficient (Wildman–Crippen LogP) is 3.46. The van der Waals surface area contributed by atoms with Crippen molar-refractivity contribution >= 4 is 18.1 Å². The number of likely N-dealkylation sites (tertiary alicyclic amines) is 2. The number of amides is 2. The van der Waals surface area contributed by atoms with Crippen LogP contribution in [0.15, 0.2) is 30.3 Å². The van der Waals surface area contributed by atoms with Crippen molar-refractivity contribution in [1.29, 1.82) is 5.26 Å². The molecular weight excluding hydrogens is 382 g/mol. The van der Waals surface area contributed by atoms with Gasteiger partial charge in [-0.15, -0.1) is 0 Å². The van der Waals surface area contributed by atoms with E-state index < -0.39 is 5.60 Å². The van der Waals surface area contributed by atoms with Gasteiger partial charge in [-0.25, -0.2) is 4.79 Å². The first-order chi connectivity index (χ1) is 14.2. The summed E-state index contributed by atoms with van der Waals surface area (Å²) in [6.07, 6.45) is 4.89. The highest BCUT2D eigenvalue weighted by Crippen LogP contribution is 2.40. The topological polar surface area (TPSA) is 82.9 Å². The molecule has 30 heavy (non-hydrogen) atoms. The van der Waals surface area contributed by atoms with Gasteiger partial charge in [-0.1, -0.05) is 12.1 Å². The Hall–Kier alpha value is -3.01. The molecule has 1 atom stereocenters. The third-order valence-electron chi connectivity index (χ3n) is 5.44. The molecule has 1 aromatic rings. The fraction of sp³-hybridized carbons (Fsp3) is 0.522. The minimum Gasteiger partial charge on any atom is -0.479 e. The van der Waals surface area contributed by atoms with E-state index in [4.69, 9.17) is 14.7 Å². The minimum absolute atomic E-state index is 0.00966. The molecule has 0 aromatic heterocycles. The number of hydrogen-bond acceptors (Lipinski definition) is 5. The highest BCUT2D eigenvalue weighted by Gasteiger charge is 2.46. The van der Waals surface area contributed by atoms with Gasteiger partial charge < -0.3 is 19.3 Å². The Morgan fingerprint density at radius 1 is 1.13 bits per heavy atom. The smallest absolute Gasteiger partial charge is 0.410 e. The Kier molecular flexibility index (Phi) is 6.35. The van der Waals surface area contributed by atoms with E-state index in [-0.39, 0.29) is 24.0 Å². The molecule has 7 heteroatoms. The fourth-order valence-electron chi connectivity index (χ4n) is 3.94. The number of nitrogens with zero attached hydrogens (tertiary/aromatic N) is 3. The Bertz CT molecular complexity index is 851. The van der Waals surface area contributed by atoms with Crippen molar-refractivity contribution in [3.63, 3.8) is 0 Å². The van der Waals surface area contributed by atoms with Gasteiger partial charge in [0, 0.05) is 37.7 Å². The zero-order chi connectivity index (χ0) is 21.8. The second-order valence-electron chi connectivity index (χ2n) is 9.01. The molecule has 2 aliphatic rings. The Morgan fingerprint density at radius 2 is 1.77 bits per heavy atom. The van der Waals surface area contributed by atoms with Crippen LogP contribution in [0.1, 0.15) is 39.2 Å². The maximum atomic E-state index is 12.6. The van der Waals surface area contributed by atoms with Crippen LogP contribution >= 0.6 is 0 Å². The van der Waals surface area contributed by atoms with E-state index in [1.165, 1.54) is 0 Å². The largest absolute Gasteiger partial charge is 0.479 e. The zero-order valence-electron chi connectivity index (χ0n) is 17.9. The number of carbonyl (C=O) groups excluding carboxylic acids is 2. The lowest BCUT2D eigenvalue weighted by atomic mass is 9.86. The van der Waals surface area contributed by atoms with Crippen LogP contribution in [0, 0.1) is 16.7 Å². The van der Waals surface area contributed by atoms with Crippen molar-refractivity contribution in [3.05, 3.63) is 35.9 Å². The minimum atomic E-state index is -0.505. The lowest BCUT2D eigenvalue weighted by Gasteiger charge is -2.27. The van der Waals surface area contributed by atoms with Gasteiger partial charge in [0.2, 0.25) is 5.91 Å². The summed E-state index contributed by atoms with van der Waals surface area (Å²) < 4.78 is 10.7. The summed E-state index contributed by atoms with van der Waals surface area (Å²) >= 11 is 0. The number of benzene rings is 1. The SMILES string of the molecule is CC(C)(C)OC(=O)N1CCC2(CCN(C(=O)C=Cc3ccc(OCC#N)cc3)C2)C1. The summed E-state index contributed by atoms with van der Waals surface area (Å²) in [4.78, 5) is 28.6. The Labute approximate surface area is 177 Å². The van der Waals surface area contributed by atoms with Gasteiger partial charge in [-0.3, -0.25) is 4.79 Å². The average Bonchev–Trinajstić information content (AvgIpc) is 3.31. The van der Waals surface area contributed by atoms with Crippen molar-refractivity contribution < 1.29 is 19.1 Å². The average molecular weight is 412 g/mol. The van der Waals surface area contributed by atoms with Gasteiger partial charge in [-0.2, -0.15) is 5.26 Å². The summed E-state index contributed by atoms with van der Waals surface area (Å²) in [5.41, 5.74) is 0.355. The molecule has 2 fully saturated rings. The molecule has 0 N–H and O–H groups in total. The molecule has 2 saturated heterocycles. The quantitative estimate of drug-likeness (QED) is 0.709. The van der Waals surface area contributed by atoms with E-state index in [0.29, 0.717) is 31.9 Å². The first-order valence-electron chi connectivity index (χ1n) is 10.2. The van der Waals surface area contributed by atoms with Crippen LogP contribution in [0.25, 0.3) is 6.08 Å². The highest BCUT2D eigenvalue weighted by molar-refractivity contribution is 5.92. The second kappa shape index (κ2) is 8.78. The van der Waals surface area contributed by atoms with Gasteiger partial charge >= 0.3 is 6.09 Å². The summed E-state index contributed by atoms with van der Waals surface area (Å²) in [5.74, 6) is 0.602. The summed E-state index contributed by atoms with van der Waals surface area (Å²) in [6.45, 7) is 8.29. The molecular formula is C23H29N3O4. The molecule has 2 aliphatic heterocycles. The molecule has 0 saturated carbocycles. The number of ether oxygens (including phenoxy) is 2. The molecule has 2 amide bonds. The first-order valence-corrected chi connectivity index (χ1v) is 10.2. The van der Waals surface area contributed by atoms with Gasteiger partial charge in [0.25, 0.3) is 0 Å². The first kappa shape index (κ1) is 21.7. The van der Waals surface area contributed by atoms with Crippen LogP contribution < -0.4 is 4.74 Å². The van der Waals surface area contributed by atoms with Crippen LogP contribution in [0.3, 0.4) is 0 Å². The van der Waals surface area contributed by atoms with Gasteiger partial charge in [0.1, 0.15) is 17.4 Å². The molecule has 3 rings (SSSR count). The van der Waals surface area contributed by atoms with Crippen molar-refractivity contribution in [2.45, 2.75) is 39.2 Å². The molecule has 1 spiro atoms. The number of hydrogen-bond donors (Lipinski definition) is 0. The standard InChI is InChI=1S/C23H29N3O4/c1-22(2,3)30-21(28)26-14-11-23(17-26)10-13-25(16-23)20(27)9-6-18-4-7-19(8-5-18)29-15-12-24/h4-9H,10-11,13-17H2,1-3H3. The van der Waals surface area contributed by atoms with Crippen molar-refractivity contribution in [1.82, 2.24) is 9.80 Å². The normalized spacial score (nSPS) is 21.3. The molecule has 0 bridgehead atoms. The number of carbonyl (C=O) groups is 2. The van der Waals surface area contributed by atoms with E-state index in [1.807, 2.05) is 43.9 Å². The molecule has 160 valence electrons. The van der Waals surface area contributed by atoms with Crippen LogP contribution in [-0.2, 0) is 9.53 Å². The van der Waals surface area contributed by atoms with E-state index in [2.05, 4.69) is 0 Å². The third-order valence-corrected chi connectivity index (χ3v) is 5.44. The zero-order valence-corrected chi connectivity index (χ0v) is 17.9. The summed E-state index contributed by atoms with van der Waals surface area (Å²) in [6, 6.07) is 9.16. The van der Waals surface area contributed by atoms with E-state index >= 15 is 0 Å². The fourth-order valence-corrected chi connectivity index (χ4v) is 3.94. The van der Waals surface area contributed by atoms with E-state index in [9.17, 15) is 9.59 Å². The summed E-state index contributed by atoms with van der Waals surface area (Å²) in [5, 5.41) is 8.54. The number of nitriles is 1.